The predicted octanol–water partition coefficient (Wildman–Crippen LogP) is 9.49. The lowest BCUT2D eigenvalue weighted by Gasteiger charge is -2.36. The minimum absolute atomic E-state index is 0.144. The monoisotopic (exact) mass is 728 g/mol. The number of ether oxygens (including phenoxy) is 1. The summed E-state index contributed by atoms with van der Waals surface area (Å²) in [4.78, 5) is 3.34. The quantitative estimate of drug-likeness (QED) is 0.155. The summed E-state index contributed by atoms with van der Waals surface area (Å²) in [5.41, 5.74) is -2.97. The van der Waals surface area contributed by atoms with Crippen molar-refractivity contribution in [3.8, 4) is 18.2 Å². The van der Waals surface area contributed by atoms with Gasteiger partial charge in [-0.05, 0) is 59.6 Å². The van der Waals surface area contributed by atoms with Gasteiger partial charge in [0.1, 0.15) is 23.8 Å². The van der Waals surface area contributed by atoms with Gasteiger partial charge in [0.25, 0.3) is 5.60 Å². The Morgan fingerprint density at radius 2 is 1.63 bits per heavy atom. The van der Waals surface area contributed by atoms with Crippen LogP contribution in [0.15, 0.2) is 89.2 Å². The first-order chi connectivity index (χ1) is 24.0. The van der Waals surface area contributed by atoms with Crippen LogP contribution >= 0.6 is 11.3 Å². The van der Waals surface area contributed by atoms with Crippen molar-refractivity contribution in [2.45, 2.75) is 57.3 Å². The number of nitriles is 3. The van der Waals surface area contributed by atoms with Gasteiger partial charge in [0.05, 0.1) is 13.2 Å². The second-order valence-corrected chi connectivity index (χ2v) is 19.4. The summed E-state index contributed by atoms with van der Waals surface area (Å²) in [6.45, 7) is 12.1. The van der Waals surface area contributed by atoms with Gasteiger partial charge in [0, 0.05) is 40.2 Å². The standard InChI is InChI=1S/C39H39F3N4O3SSi/c1-37(2,3)51(5,6)48-21-20-46(4)31-15-12-27(13-16-31)14-17-32-22-28(26-47)35(50-32)19-18-34-33(25-45)36(29(23-43)24-44)49-38(34,39(40,41)42)30-10-8-7-9-11-30/h7-19,22,47H,20-21,26H2,1-6H3/b17-14+,19-18+. The van der Waals surface area contributed by atoms with Gasteiger partial charge in [-0.1, -0.05) is 75.4 Å². The smallest absolute Gasteiger partial charge is 0.437 e. The minimum Gasteiger partial charge on any atom is -0.465 e. The van der Waals surface area contributed by atoms with Crippen molar-refractivity contribution in [3.63, 3.8) is 0 Å². The molecule has 3 aromatic rings. The van der Waals surface area contributed by atoms with Gasteiger partial charge in [-0.3, -0.25) is 0 Å². The Bertz CT molecular complexity index is 1970. The molecule has 7 nitrogen and oxygen atoms in total. The van der Waals surface area contributed by atoms with E-state index in [-0.39, 0.29) is 17.2 Å². The summed E-state index contributed by atoms with van der Waals surface area (Å²) in [6.07, 6.45) is 1.15. The molecule has 1 aliphatic rings. The molecule has 1 N–H and O–H groups in total. The number of rotatable bonds is 11. The Morgan fingerprint density at radius 1 is 0.980 bits per heavy atom. The number of benzene rings is 2. The highest BCUT2D eigenvalue weighted by Gasteiger charge is 2.65. The second-order valence-electron chi connectivity index (χ2n) is 13.5. The Kier molecular flexibility index (Phi) is 11.9. The number of anilines is 1. The number of hydrogen-bond donors (Lipinski definition) is 1. The van der Waals surface area contributed by atoms with Crippen LogP contribution < -0.4 is 4.90 Å². The lowest BCUT2D eigenvalue weighted by atomic mass is 9.84. The summed E-state index contributed by atoms with van der Waals surface area (Å²) < 4.78 is 57.1. The zero-order valence-electron chi connectivity index (χ0n) is 29.3. The van der Waals surface area contributed by atoms with Gasteiger partial charge in [-0.15, -0.1) is 11.3 Å². The molecule has 264 valence electrons. The van der Waals surface area contributed by atoms with Gasteiger partial charge in [-0.2, -0.15) is 29.0 Å². The van der Waals surface area contributed by atoms with E-state index in [1.165, 1.54) is 59.9 Å². The van der Waals surface area contributed by atoms with Crippen molar-refractivity contribution in [2.75, 3.05) is 25.1 Å². The first-order valence-electron chi connectivity index (χ1n) is 16.1. The van der Waals surface area contributed by atoms with E-state index in [1.807, 2.05) is 43.5 Å². The van der Waals surface area contributed by atoms with Crippen molar-refractivity contribution in [1.29, 1.82) is 15.8 Å². The zero-order valence-corrected chi connectivity index (χ0v) is 31.1. The van der Waals surface area contributed by atoms with Crippen LogP contribution in [0.25, 0.3) is 18.2 Å². The van der Waals surface area contributed by atoms with E-state index in [4.69, 9.17) is 9.16 Å². The molecule has 0 radical (unpaired) electrons. The fourth-order valence-corrected chi connectivity index (χ4v) is 7.22. The first-order valence-corrected chi connectivity index (χ1v) is 19.8. The molecule has 12 heteroatoms. The molecule has 2 heterocycles. The molecular weight excluding hydrogens is 690 g/mol. The second kappa shape index (κ2) is 15.5. The molecule has 2 aromatic carbocycles. The third kappa shape index (κ3) is 8.20. The lowest BCUT2D eigenvalue weighted by Crippen LogP contribution is -2.43. The van der Waals surface area contributed by atoms with Crippen molar-refractivity contribution in [1.82, 2.24) is 0 Å². The SMILES string of the molecule is CN(CCO[Si](C)(C)C(C)(C)C)c1ccc(/C=C/c2cc(CO)c(/C=C/C3=C(C#N)C(=C(C#N)C#N)OC3(c3ccccc3)C(F)(F)F)s2)cc1. The summed E-state index contributed by atoms with van der Waals surface area (Å²) in [5.74, 6) is -0.739. The third-order valence-corrected chi connectivity index (χ3v) is 14.8. The van der Waals surface area contributed by atoms with Crippen LogP contribution in [0.5, 0.6) is 0 Å². The van der Waals surface area contributed by atoms with Gasteiger partial charge in [0.15, 0.2) is 19.6 Å². The number of aliphatic hydroxyl groups excluding tert-OH is 1. The fourth-order valence-electron chi connectivity index (χ4n) is 5.21. The molecule has 51 heavy (non-hydrogen) atoms. The van der Waals surface area contributed by atoms with Gasteiger partial charge in [-0.25, -0.2) is 0 Å². The van der Waals surface area contributed by atoms with Crippen LogP contribution in [0.4, 0.5) is 18.9 Å². The molecule has 0 saturated heterocycles. The topological polar surface area (TPSA) is 113 Å². The van der Waals surface area contributed by atoms with Crippen LogP contribution in [0.3, 0.4) is 0 Å². The number of nitrogens with zero attached hydrogens (tertiary/aromatic N) is 4. The molecule has 0 aliphatic carbocycles. The highest BCUT2D eigenvalue weighted by molar-refractivity contribution is 7.14. The first kappa shape index (κ1) is 38.9. The number of halogens is 3. The normalized spacial score (nSPS) is 16.6. The Balaban J connectivity index is 1.62. The maximum absolute atomic E-state index is 15.1. The summed E-state index contributed by atoms with van der Waals surface area (Å²) in [5, 5.41) is 39.2. The summed E-state index contributed by atoms with van der Waals surface area (Å²) in [7, 11) is 0.191. The number of aliphatic hydroxyl groups is 1. The average molecular weight is 729 g/mol. The molecule has 0 amide bonds. The minimum atomic E-state index is -5.10. The summed E-state index contributed by atoms with van der Waals surface area (Å²) in [6, 6.07) is 21.3. The van der Waals surface area contributed by atoms with Crippen LogP contribution in [-0.4, -0.2) is 39.8 Å². The molecule has 0 fully saturated rings. The molecule has 1 aliphatic heterocycles. The Hall–Kier alpha value is -4.90. The maximum atomic E-state index is 15.1. The Labute approximate surface area is 302 Å². The van der Waals surface area contributed by atoms with E-state index in [0.717, 1.165) is 28.7 Å². The largest absolute Gasteiger partial charge is 0.465 e. The van der Waals surface area contributed by atoms with E-state index >= 15 is 13.2 Å². The molecule has 0 bridgehead atoms. The van der Waals surface area contributed by atoms with Crippen LogP contribution in [0.1, 0.15) is 47.2 Å². The van der Waals surface area contributed by atoms with E-state index in [0.29, 0.717) is 17.0 Å². The van der Waals surface area contributed by atoms with Crippen LogP contribution in [0, 0.1) is 34.0 Å². The number of hydrogen-bond acceptors (Lipinski definition) is 8. The number of allylic oxidation sites excluding steroid dienone is 2. The van der Waals surface area contributed by atoms with Gasteiger partial charge >= 0.3 is 6.18 Å². The van der Waals surface area contributed by atoms with Crippen molar-refractivity contribution in [2.24, 2.45) is 0 Å². The average Bonchev–Trinajstić information content (AvgIpc) is 3.65. The number of thiophene rings is 1. The summed E-state index contributed by atoms with van der Waals surface area (Å²) >= 11 is 1.24. The van der Waals surface area contributed by atoms with Crippen molar-refractivity contribution >= 4 is 43.6 Å². The lowest BCUT2D eigenvalue weighted by molar-refractivity contribution is -0.249. The van der Waals surface area contributed by atoms with Gasteiger partial charge in [0.2, 0.25) is 0 Å². The van der Waals surface area contributed by atoms with Crippen LogP contribution in [0.2, 0.25) is 18.1 Å². The number of alkyl halides is 3. The van der Waals surface area contributed by atoms with E-state index < -0.39 is 42.6 Å². The molecule has 1 unspecified atom stereocenters. The zero-order chi connectivity index (χ0) is 37.6. The maximum Gasteiger partial charge on any atom is 0.437 e. The molecule has 1 atom stereocenters. The molecular formula is C39H39F3N4O3SSi. The van der Waals surface area contributed by atoms with Crippen LogP contribution in [-0.2, 0) is 21.4 Å². The fraction of sp³-hybridized carbons (Fsp3) is 0.308. The predicted molar refractivity (Wildman–Crippen MR) is 197 cm³/mol. The Morgan fingerprint density at radius 3 is 2.18 bits per heavy atom. The van der Waals surface area contributed by atoms with Gasteiger partial charge < -0.3 is 19.2 Å². The molecule has 0 spiro atoms. The van der Waals surface area contributed by atoms with E-state index in [1.54, 1.807) is 12.1 Å². The molecule has 4 rings (SSSR count). The molecule has 1 aromatic heterocycles. The highest BCUT2D eigenvalue weighted by Crippen LogP contribution is 2.56. The third-order valence-electron chi connectivity index (χ3n) is 9.18. The molecule has 0 saturated carbocycles. The van der Waals surface area contributed by atoms with Crippen molar-refractivity contribution in [3.05, 3.63) is 116 Å². The number of likely N-dealkylation sites (N-methyl/N-ethyl adjacent to an activating group) is 1. The van der Waals surface area contributed by atoms with E-state index in [9.17, 15) is 20.9 Å². The van der Waals surface area contributed by atoms with E-state index in [2.05, 4.69) is 38.8 Å². The highest BCUT2D eigenvalue weighted by atomic mass is 32.1. The van der Waals surface area contributed by atoms with Crippen molar-refractivity contribution < 1.29 is 27.4 Å².